The summed E-state index contributed by atoms with van der Waals surface area (Å²) in [5, 5.41) is 8.02. The number of benzene rings is 1. The molecule has 0 aliphatic carbocycles. The summed E-state index contributed by atoms with van der Waals surface area (Å²) in [6.07, 6.45) is 1.72. The number of hydrogen-bond acceptors (Lipinski definition) is 2. The monoisotopic (exact) mass is 203 g/mol. The van der Waals surface area contributed by atoms with Crippen LogP contribution in [-0.4, -0.2) is 11.3 Å². The SMILES string of the molecule is CSC(=N)c1cc(Cl)ccc1F. The Kier molecular flexibility index (Phi) is 3.12. The van der Waals surface area contributed by atoms with Crippen molar-refractivity contribution in [2.75, 3.05) is 6.26 Å². The first kappa shape index (κ1) is 9.55. The minimum atomic E-state index is -0.404. The van der Waals surface area contributed by atoms with Gasteiger partial charge in [0, 0.05) is 10.6 Å². The molecule has 0 saturated heterocycles. The first-order valence-corrected chi connectivity index (χ1v) is 4.83. The Morgan fingerprint density at radius 1 is 1.58 bits per heavy atom. The van der Waals surface area contributed by atoms with Gasteiger partial charge in [-0.25, -0.2) is 4.39 Å². The minimum Gasteiger partial charge on any atom is -0.293 e. The van der Waals surface area contributed by atoms with E-state index in [0.29, 0.717) is 5.02 Å². The Hall–Kier alpha value is -0.540. The Labute approximate surface area is 79.4 Å². The highest BCUT2D eigenvalue weighted by Crippen LogP contribution is 2.18. The summed E-state index contributed by atoms with van der Waals surface area (Å²) < 4.78 is 13.0. The van der Waals surface area contributed by atoms with Crippen molar-refractivity contribution < 1.29 is 4.39 Å². The van der Waals surface area contributed by atoms with Gasteiger partial charge in [0.15, 0.2) is 0 Å². The highest BCUT2D eigenvalue weighted by molar-refractivity contribution is 8.13. The second-order valence-corrected chi connectivity index (χ2v) is 3.41. The van der Waals surface area contributed by atoms with Crippen LogP contribution in [0.5, 0.6) is 0 Å². The van der Waals surface area contributed by atoms with Crippen LogP contribution in [0.3, 0.4) is 0 Å². The molecule has 0 fully saturated rings. The van der Waals surface area contributed by atoms with Crippen molar-refractivity contribution in [3.05, 3.63) is 34.6 Å². The standard InChI is InChI=1S/C8H7ClFNS/c1-12-8(11)6-4-5(9)2-3-7(6)10/h2-4,11H,1H3. The fourth-order valence-electron chi connectivity index (χ4n) is 0.781. The van der Waals surface area contributed by atoms with Crippen molar-refractivity contribution in [2.45, 2.75) is 0 Å². The number of hydrogen-bond donors (Lipinski definition) is 1. The van der Waals surface area contributed by atoms with Crippen molar-refractivity contribution in [1.82, 2.24) is 0 Å². The zero-order valence-electron chi connectivity index (χ0n) is 6.40. The predicted octanol–water partition coefficient (Wildman–Crippen LogP) is 3.17. The van der Waals surface area contributed by atoms with Gasteiger partial charge in [-0.1, -0.05) is 11.6 Å². The van der Waals surface area contributed by atoms with Crippen LogP contribution in [-0.2, 0) is 0 Å². The average Bonchev–Trinajstić information content (AvgIpc) is 2.08. The molecule has 12 heavy (non-hydrogen) atoms. The van der Waals surface area contributed by atoms with Crippen LogP contribution in [0.2, 0.25) is 5.02 Å². The summed E-state index contributed by atoms with van der Waals surface area (Å²) in [7, 11) is 0. The summed E-state index contributed by atoms with van der Waals surface area (Å²) in [6, 6.07) is 4.19. The number of rotatable bonds is 1. The predicted molar refractivity (Wildman–Crippen MR) is 51.8 cm³/mol. The topological polar surface area (TPSA) is 23.9 Å². The van der Waals surface area contributed by atoms with Gasteiger partial charge in [-0.15, -0.1) is 11.8 Å². The maximum absolute atomic E-state index is 13.0. The van der Waals surface area contributed by atoms with Crippen LogP contribution < -0.4 is 0 Å². The van der Waals surface area contributed by atoms with Crippen molar-refractivity contribution in [1.29, 1.82) is 5.41 Å². The van der Waals surface area contributed by atoms with Crippen LogP contribution in [0.4, 0.5) is 4.39 Å². The molecule has 0 aromatic heterocycles. The van der Waals surface area contributed by atoms with Gasteiger partial charge >= 0.3 is 0 Å². The molecule has 64 valence electrons. The van der Waals surface area contributed by atoms with Gasteiger partial charge in [0.05, 0.1) is 5.04 Å². The van der Waals surface area contributed by atoms with Crippen molar-refractivity contribution in [3.8, 4) is 0 Å². The Morgan fingerprint density at radius 2 is 2.25 bits per heavy atom. The fraction of sp³-hybridized carbons (Fsp3) is 0.125. The Balaban J connectivity index is 3.13. The molecular formula is C8H7ClFNS. The molecule has 1 N–H and O–H groups in total. The maximum atomic E-state index is 13.0. The summed E-state index contributed by atoms with van der Waals surface area (Å²) >= 11 is 6.83. The molecule has 0 unspecified atom stereocenters. The van der Waals surface area contributed by atoms with Gasteiger partial charge in [-0.3, -0.25) is 5.41 Å². The molecule has 1 nitrogen and oxygen atoms in total. The van der Waals surface area contributed by atoms with Crippen molar-refractivity contribution in [3.63, 3.8) is 0 Å². The van der Waals surface area contributed by atoms with Gasteiger partial charge in [0.1, 0.15) is 5.82 Å². The van der Waals surface area contributed by atoms with E-state index < -0.39 is 5.82 Å². The van der Waals surface area contributed by atoms with Gasteiger partial charge in [0.25, 0.3) is 0 Å². The largest absolute Gasteiger partial charge is 0.293 e. The zero-order chi connectivity index (χ0) is 9.14. The van der Waals surface area contributed by atoms with Crippen LogP contribution in [0.1, 0.15) is 5.56 Å². The van der Waals surface area contributed by atoms with Gasteiger partial charge in [-0.05, 0) is 24.5 Å². The van der Waals surface area contributed by atoms with Crippen LogP contribution in [0.15, 0.2) is 18.2 Å². The molecule has 4 heteroatoms. The number of thioether (sulfide) groups is 1. The van der Waals surface area contributed by atoms with E-state index in [4.69, 9.17) is 17.0 Å². The lowest BCUT2D eigenvalue weighted by Gasteiger charge is -2.01. The molecule has 0 amide bonds. The smallest absolute Gasteiger partial charge is 0.133 e. The second kappa shape index (κ2) is 3.92. The van der Waals surface area contributed by atoms with E-state index in [9.17, 15) is 4.39 Å². The Bertz CT molecular complexity index is 314. The number of nitrogens with one attached hydrogen (secondary N) is 1. The quantitative estimate of drug-likeness (QED) is 0.550. The summed E-state index contributed by atoms with van der Waals surface area (Å²) in [5.41, 5.74) is 0.259. The molecule has 0 saturated carbocycles. The first-order chi connectivity index (χ1) is 5.65. The summed E-state index contributed by atoms with van der Waals surface area (Å²) in [5.74, 6) is -0.404. The third-order valence-electron chi connectivity index (χ3n) is 1.38. The van der Waals surface area contributed by atoms with Crippen molar-refractivity contribution >= 4 is 28.4 Å². The molecule has 1 rings (SSSR count). The van der Waals surface area contributed by atoms with E-state index in [1.807, 2.05) is 0 Å². The zero-order valence-corrected chi connectivity index (χ0v) is 7.97. The lowest BCUT2D eigenvalue weighted by molar-refractivity contribution is 0.625. The summed E-state index contributed by atoms with van der Waals surface area (Å²) in [4.78, 5) is 0. The van der Waals surface area contributed by atoms with E-state index in [1.165, 1.54) is 30.0 Å². The molecule has 0 bridgehead atoms. The van der Waals surface area contributed by atoms with Gasteiger partial charge in [-0.2, -0.15) is 0 Å². The molecule has 0 atom stereocenters. The normalized spacial score (nSPS) is 9.92. The van der Waals surface area contributed by atoms with Gasteiger partial charge in [0.2, 0.25) is 0 Å². The molecule has 0 radical (unpaired) electrons. The van der Waals surface area contributed by atoms with E-state index in [-0.39, 0.29) is 10.6 Å². The molecule has 0 spiro atoms. The summed E-state index contributed by atoms with van der Waals surface area (Å²) in [6.45, 7) is 0. The first-order valence-electron chi connectivity index (χ1n) is 3.23. The van der Waals surface area contributed by atoms with Crippen LogP contribution in [0, 0.1) is 11.2 Å². The fourth-order valence-corrected chi connectivity index (χ4v) is 1.33. The molecule has 1 aromatic carbocycles. The average molecular weight is 204 g/mol. The molecular weight excluding hydrogens is 197 g/mol. The third-order valence-corrected chi connectivity index (χ3v) is 2.24. The third kappa shape index (κ3) is 1.99. The second-order valence-electron chi connectivity index (χ2n) is 2.16. The molecule has 0 aliphatic rings. The number of halogens is 2. The van der Waals surface area contributed by atoms with E-state index in [2.05, 4.69) is 0 Å². The lowest BCUT2D eigenvalue weighted by Crippen LogP contribution is -1.96. The van der Waals surface area contributed by atoms with E-state index in [0.717, 1.165) is 0 Å². The minimum absolute atomic E-state index is 0.190. The van der Waals surface area contributed by atoms with Crippen LogP contribution >= 0.6 is 23.4 Å². The molecule has 0 aliphatic heterocycles. The van der Waals surface area contributed by atoms with E-state index in [1.54, 1.807) is 6.26 Å². The van der Waals surface area contributed by atoms with E-state index >= 15 is 0 Å². The molecule has 1 aromatic rings. The molecule has 0 heterocycles. The highest BCUT2D eigenvalue weighted by atomic mass is 35.5. The van der Waals surface area contributed by atoms with Crippen molar-refractivity contribution in [2.24, 2.45) is 0 Å². The van der Waals surface area contributed by atoms with Crippen LogP contribution in [0.25, 0.3) is 0 Å². The maximum Gasteiger partial charge on any atom is 0.133 e. The lowest BCUT2D eigenvalue weighted by atomic mass is 10.2. The Morgan fingerprint density at radius 3 is 2.83 bits per heavy atom. The highest BCUT2D eigenvalue weighted by Gasteiger charge is 2.06. The van der Waals surface area contributed by atoms with Gasteiger partial charge < -0.3 is 0 Å².